The largest absolute Gasteiger partial charge is 0.462 e. The summed E-state index contributed by atoms with van der Waals surface area (Å²) in [5.74, 6) is -1.00. The van der Waals surface area contributed by atoms with Crippen LogP contribution in [0.4, 0.5) is 15.9 Å². The molecular weight excluding hydrogens is 557 g/mol. The molecule has 10 heteroatoms. The summed E-state index contributed by atoms with van der Waals surface area (Å²) < 4.78 is 20.1. The molecule has 0 aliphatic carbocycles. The Morgan fingerprint density at radius 1 is 1.18 bits per heavy atom. The molecule has 0 spiro atoms. The number of aromatic nitrogens is 2. The van der Waals surface area contributed by atoms with Crippen LogP contribution in [0.2, 0.25) is 0 Å². The highest BCUT2D eigenvalue weighted by Crippen LogP contribution is 2.36. The van der Waals surface area contributed by atoms with Gasteiger partial charge >= 0.3 is 6.01 Å². The maximum absolute atomic E-state index is 13.8. The van der Waals surface area contributed by atoms with Crippen LogP contribution in [-0.2, 0) is 17.8 Å². The Balaban J connectivity index is 1.50. The molecule has 3 heterocycles. The standard InChI is InChI=1S/C34H42FN7O2/c1-6-26(39(5)7-2)22-44-34-37-29-21-40(30-13-9-12-25-11-8-10-23(3)31(25)30)17-15-28(29)32(38-34)41-18-19-42(33(43)24(4)35)27(20-41)14-16-36/h8-13,26-27H,4,6-7,14-15,17-22H2,1-3,5H3/t26-,27-/m0/s1. The lowest BCUT2D eigenvalue weighted by Crippen LogP contribution is -2.55. The van der Waals surface area contributed by atoms with E-state index in [9.17, 15) is 14.4 Å². The SMILES string of the molecule is C=C(F)C(=O)N1CCN(c2nc(OC[C@H](CC)N(C)CC)nc3c2CCN(c2cccc4cccc(C)c24)C3)C[C@@H]1CC#N. The molecular formula is C34H42FN7O2. The highest BCUT2D eigenvalue weighted by atomic mass is 19.1. The molecule has 1 amide bonds. The number of anilines is 2. The number of rotatable bonds is 10. The van der Waals surface area contributed by atoms with Crippen molar-refractivity contribution in [2.45, 2.75) is 58.7 Å². The van der Waals surface area contributed by atoms with E-state index < -0.39 is 17.8 Å². The van der Waals surface area contributed by atoms with E-state index in [2.05, 4.69) is 91.6 Å². The number of aryl methyl sites for hydroxylation is 1. The number of piperazine rings is 1. The zero-order valence-corrected chi connectivity index (χ0v) is 26.2. The maximum atomic E-state index is 13.8. The minimum atomic E-state index is -1.01. The first-order chi connectivity index (χ1) is 21.2. The van der Waals surface area contributed by atoms with Crippen molar-refractivity contribution >= 4 is 28.2 Å². The predicted octanol–water partition coefficient (Wildman–Crippen LogP) is 5.02. The lowest BCUT2D eigenvalue weighted by molar-refractivity contribution is -0.131. The Morgan fingerprint density at radius 2 is 1.95 bits per heavy atom. The average molecular weight is 600 g/mol. The van der Waals surface area contributed by atoms with Gasteiger partial charge in [0.05, 0.1) is 30.8 Å². The first-order valence-corrected chi connectivity index (χ1v) is 15.5. The van der Waals surface area contributed by atoms with Crippen molar-refractivity contribution in [1.29, 1.82) is 5.26 Å². The molecule has 1 aromatic heterocycles. The summed E-state index contributed by atoms with van der Waals surface area (Å²) in [5.41, 5.74) is 4.37. The van der Waals surface area contributed by atoms with E-state index in [-0.39, 0.29) is 19.0 Å². The molecule has 0 N–H and O–H groups in total. The molecule has 3 aromatic rings. The summed E-state index contributed by atoms with van der Waals surface area (Å²) in [6.07, 6.45) is 1.75. The van der Waals surface area contributed by atoms with Crippen molar-refractivity contribution in [2.75, 3.05) is 56.2 Å². The Morgan fingerprint density at radius 3 is 2.66 bits per heavy atom. The van der Waals surface area contributed by atoms with Gasteiger partial charge in [0.1, 0.15) is 12.4 Å². The molecule has 0 radical (unpaired) electrons. The minimum Gasteiger partial charge on any atom is -0.462 e. The zero-order valence-electron chi connectivity index (χ0n) is 26.2. The van der Waals surface area contributed by atoms with Crippen LogP contribution < -0.4 is 14.5 Å². The number of hydrogen-bond donors (Lipinski definition) is 0. The monoisotopic (exact) mass is 599 g/mol. The highest BCUT2D eigenvalue weighted by molar-refractivity contribution is 5.97. The number of halogens is 1. The van der Waals surface area contributed by atoms with Gasteiger partial charge in [0, 0.05) is 48.9 Å². The smallest absolute Gasteiger partial charge is 0.318 e. The second kappa shape index (κ2) is 13.6. The zero-order chi connectivity index (χ0) is 31.4. The topological polar surface area (TPSA) is 88.8 Å². The normalized spacial score (nSPS) is 17.4. The van der Waals surface area contributed by atoms with Crippen molar-refractivity contribution in [1.82, 2.24) is 19.8 Å². The summed E-state index contributed by atoms with van der Waals surface area (Å²) in [6, 6.07) is 15.0. The molecule has 1 fully saturated rings. The number of nitriles is 1. The average Bonchev–Trinajstić information content (AvgIpc) is 3.03. The second-order valence-electron chi connectivity index (χ2n) is 11.7. The minimum absolute atomic E-state index is 0.0852. The lowest BCUT2D eigenvalue weighted by atomic mass is 9.99. The van der Waals surface area contributed by atoms with E-state index in [0.717, 1.165) is 43.0 Å². The van der Waals surface area contributed by atoms with Crippen LogP contribution in [0, 0.1) is 18.3 Å². The van der Waals surface area contributed by atoms with Gasteiger partial charge in [-0.1, -0.05) is 50.8 Å². The van der Waals surface area contributed by atoms with Gasteiger partial charge < -0.3 is 24.3 Å². The van der Waals surface area contributed by atoms with E-state index >= 15 is 0 Å². The first-order valence-electron chi connectivity index (χ1n) is 15.5. The number of amides is 1. The van der Waals surface area contributed by atoms with Crippen LogP contribution in [0.25, 0.3) is 10.8 Å². The van der Waals surface area contributed by atoms with Gasteiger partial charge in [0.25, 0.3) is 5.91 Å². The molecule has 9 nitrogen and oxygen atoms in total. The Bertz CT molecular complexity index is 1570. The van der Waals surface area contributed by atoms with E-state index in [4.69, 9.17) is 14.7 Å². The van der Waals surface area contributed by atoms with Crippen molar-refractivity contribution < 1.29 is 13.9 Å². The molecule has 0 unspecified atom stereocenters. The number of ether oxygens (including phenoxy) is 1. The van der Waals surface area contributed by atoms with Gasteiger partial charge in [-0.05, 0) is 50.4 Å². The van der Waals surface area contributed by atoms with Gasteiger partial charge in [0.15, 0.2) is 5.83 Å². The summed E-state index contributed by atoms with van der Waals surface area (Å²) in [5, 5.41) is 12.0. The molecule has 44 heavy (non-hydrogen) atoms. The molecule has 1 saturated heterocycles. The van der Waals surface area contributed by atoms with Gasteiger partial charge in [-0.2, -0.15) is 15.2 Å². The molecule has 2 aliphatic rings. The quantitative estimate of drug-likeness (QED) is 0.300. The van der Waals surface area contributed by atoms with Crippen LogP contribution in [0.1, 0.15) is 43.5 Å². The molecule has 2 aliphatic heterocycles. The maximum Gasteiger partial charge on any atom is 0.318 e. The third-order valence-electron chi connectivity index (χ3n) is 9.05. The second-order valence-corrected chi connectivity index (χ2v) is 11.7. The van der Waals surface area contributed by atoms with E-state index in [0.29, 0.717) is 32.3 Å². The third-order valence-corrected chi connectivity index (χ3v) is 9.05. The predicted molar refractivity (Wildman–Crippen MR) is 172 cm³/mol. The molecule has 232 valence electrons. The Labute approximate surface area is 259 Å². The van der Waals surface area contributed by atoms with Gasteiger partial charge in [-0.3, -0.25) is 4.79 Å². The fourth-order valence-corrected chi connectivity index (χ4v) is 6.43. The first kappa shape index (κ1) is 31.2. The lowest BCUT2D eigenvalue weighted by Gasteiger charge is -2.42. The molecule has 0 bridgehead atoms. The molecule has 2 aromatic carbocycles. The summed E-state index contributed by atoms with van der Waals surface area (Å²) >= 11 is 0. The summed E-state index contributed by atoms with van der Waals surface area (Å²) in [7, 11) is 2.09. The van der Waals surface area contributed by atoms with Gasteiger partial charge in [-0.25, -0.2) is 4.39 Å². The van der Waals surface area contributed by atoms with Crippen LogP contribution in [0.15, 0.2) is 48.8 Å². The van der Waals surface area contributed by atoms with E-state index in [1.165, 1.54) is 26.9 Å². The van der Waals surface area contributed by atoms with Crippen LogP contribution in [0.3, 0.4) is 0 Å². The summed E-state index contributed by atoms with van der Waals surface area (Å²) in [4.78, 5) is 30.6. The molecule has 5 rings (SSSR count). The van der Waals surface area contributed by atoms with Crippen molar-refractivity contribution in [3.8, 4) is 12.1 Å². The Kier molecular flexibility index (Phi) is 9.64. The van der Waals surface area contributed by atoms with Crippen LogP contribution in [-0.4, -0.2) is 84.1 Å². The van der Waals surface area contributed by atoms with E-state index in [1.54, 1.807) is 0 Å². The number of benzene rings is 2. The fraction of sp³-hybridized carbons (Fsp3) is 0.471. The highest BCUT2D eigenvalue weighted by Gasteiger charge is 2.35. The van der Waals surface area contributed by atoms with Crippen LogP contribution >= 0.6 is 0 Å². The molecule has 2 atom stereocenters. The number of carbonyl (C=O) groups excluding carboxylic acids is 1. The number of fused-ring (bicyclic) bond motifs is 2. The van der Waals surface area contributed by atoms with Gasteiger partial charge in [0.2, 0.25) is 0 Å². The van der Waals surface area contributed by atoms with Crippen LogP contribution in [0.5, 0.6) is 6.01 Å². The summed E-state index contributed by atoms with van der Waals surface area (Å²) in [6.45, 7) is 13.4. The van der Waals surface area contributed by atoms with Crippen molar-refractivity contribution in [3.05, 3.63) is 65.6 Å². The Hall–Kier alpha value is -4.23. The van der Waals surface area contributed by atoms with Crippen molar-refractivity contribution in [3.63, 3.8) is 0 Å². The number of carbonyl (C=O) groups is 1. The number of likely N-dealkylation sites (N-methyl/N-ethyl adjacent to an activating group) is 1. The third kappa shape index (κ3) is 6.34. The van der Waals surface area contributed by atoms with Gasteiger partial charge in [-0.15, -0.1) is 0 Å². The fourth-order valence-electron chi connectivity index (χ4n) is 6.43. The number of hydrogen-bond acceptors (Lipinski definition) is 8. The number of nitrogens with zero attached hydrogens (tertiary/aromatic N) is 7. The van der Waals surface area contributed by atoms with E-state index in [1.807, 2.05) is 0 Å². The van der Waals surface area contributed by atoms with Crippen molar-refractivity contribution in [2.24, 2.45) is 0 Å². The molecule has 0 saturated carbocycles.